The molecule has 1 amide bonds. The van der Waals surface area contributed by atoms with Gasteiger partial charge in [-0.2, -0.15) is 0 Å². The fourth-order valence-electron chi connectivity index (χ4n) is 1.50. The third-order valence-electron chi connectivity index (χ3n) is 3.24. The number of hydrogen-bond donors (Lipinski definition) is 2. The van der Waals surface area contributed by atoms with Crippen molar-refractivity contribution in [3.05, 3.63) is 35.1 Å². The molecule has 0 aliphatic rings. The van der Waals surface area contributed by atoms with Crippen LogP contribution in [0.5, 0.6) is 0 Å². The number of rotatable bonds is 4. The van der Waals surface area contributed by atoms with Gasteiger partial charge in [0.2, 0.25) is 0 Å². The molecule has 4 heteroatoms. The minimum absolute atomic E-state index is 0.0266. The summed E-state index contributed by atoms with van der Waals surface area (Å²) in [6.45, 7) is 6.95. The lowest BCUT2D eigenvalue weighted by atomic mass is 9.90. The van der Waals surface area contributed by atoms with Crippen molar-refractivity contribution in [2.75, 3.05) is 13.1 Å². The number of hydrogen-bond acceptors (Lipinski definition) is 2. The molecule has 0 atom stereocenters. The maximum absolute atomic E-state index is 13.2. The first-order valence-corrected chi connectivity index (χ1v) is 6.66. The number of nitrogens with two attached hydrogens (primary N) is 1. The number of halogens is 1. The number of carbonyl (C=O) groups excluding carboxylic acids is 1. The van der Waals surface area contributed by atoms with Gasteiger partial charge in [-0.05, 0) is 30.0 Å². The van der Waals surface area contributed by atoms with Crippen LogP contribution in [0.2, 0.25) is 0 Å². The predicted octanol–water partition coefficient (Wildman–Crippen LogP) is 2.30. The van der Waals surface area contributed by atoms with E-state index < -0.39 is 5.82 Å². The lowest BCUT2D eigenvalue weighted by Crippen LogP contribution is -2.34. The molecule has 3 nitrogen and oxygen atoms in total. The number of amides is 1. The Labute approximate surface area is 119 Å². The van der Waals surface area contributed by atoms with Crippen molar-refractivity contribution in [3.8, 4) is 11.8 Å². The summed E-state index contributed by atoms with van der Waals surface area (Å²) in [4.78, 5) is 12.2. The first kappa shape index (κ1) is 16.2. The van der Waals surface area contributed by atoms with Gasteiger partial charge in [0, 0.05) is 12.1 Å². The third kappa shape index (κ3) is 4.67. The maximum Gasteiger partial charge on any atom is 0.252 e. The molecule has 1 rings (SSSR count). The largest absolute Gasteiger partial charge is 0.351 e. The second-order valence-electron chi connectivity index (χ2n) is 5.40. The van der Waals surface area contributed by atoms with Gasteiger partial charge in [-0.25, -0.2) is 4.39 Å². The molecule has 108 valence electrons. The Morgan fingerprint density at radius 3 is 2.75 bits per heavy atom. The summed E-state index contributed by atoms with van der Waals surface area (Å²) in [7, 11) is 0. The second kappa shape index (κ2) is 7.06. The summed E-state index contributed by atoms with van der Waals surface area (Å²) < 4.78 is 13.2. The molecule has 0 heterocycles. The van der Waals surface area contributed by atoms with Crippen molar-refractivity contribution in [2.24, 2.45) is 11.1 Å². The highest BCUT2D eigenvalue weighted by Gasteiger charge is 2.18. The van der Waals surface area contributed by atoms with Gasteiger partial charge in [-0.3, -0.25) is 4.79 Å². The Balaban J connectivity index is 2.92. The molecular formula is C16H21FN2O. The molecule has 0 radical (unpaired) electrons. The van der Waals surface area contributed by atoms with Gasteiger partial charge >= 0.3 is 0 Å². The van der Waals surface area contributed by atoms with Crippen LogP contribution in [0, 0.1) is 23.1 Å². The highest BCUT2D eigenvalue weighted by molar-refractivity contribution is 5.96. The van der Waals surface area contributed by atoms with E-state index in [1.54, 1.807) is 0 Å². The zero-order valence-corrected chi connectivity index (χ0v) is 12.2. The Morgan fingerprint density at radius 1 is 1.45 bits per heavy atom. The van der Waals surface area contributed by atoms with Gasteiger partial charge in [-0.1, -0.05) is 32.6 Å². The molecular weight excluding hydrogens is 255 g/mol. The van der Waals surface area contributed by atoms with Crippen LogP contribution in [0.1, 0.15) is 43.1 Å². The highest BCUT2D eigenvalue weighted by atomic mass is 19.1. The van der Waals surface area contributed by atoms with E-state index in [-0.39, 0.29) is 17.9 Å². The molecule has 20 heavy (non-hydrogen) atoms. The van der Waals surface area contributed by atoms with Gasteiger partial charge in [0.15, 0.2) is 0 Å². The Morgan fingerprint density at radius 2 is 2.15 bits per heavy atom. The Kier molecular flexibility index (Phi) is 5.72. The van der Waals surface area contributed by atoms with Gasteiger partial charge < -0.3 is 11.1 Å². The molecule has 0 bridgehead atoms. The van der Waals surface area contributed by atoms with E-state index in [4.69, 9.17) is 5.73 Å². The average Bonchev–Trinajstić information content (AvgIpc) is 2.42. The number of carbonyl (C=O) groups is 1. The van der Waals surface area contributed by atoms with Crippen LogP contribution < -0.4 is 11.1 Å². The molecule has 0 aliphatic carbocycles. The molecule has 0 aliphatic heterocycles. The monoisotopic (exact) mass is 276 g/mol. The first-order valence-electron chi connectivity index (χ1n) is 6.66. The van der Waals surface area contributed by atoms with Crippen LogP contribution in [0.25, 0.3) is 0 Å². The smallest absolute Gasteiger partial charge is 0.252 e. The van der Waals surface area contributed by atoms with Crippen molar-refractivity contribution >= 4 is 5.91 Å². The molecule has 0 unspecified atom stereocenters. The second-order valence-corrected chi connectivity index (χ2v) is 5.40. The molecule has 0 aromatic heterocycles. The SMILES string of the molecule is CCC(C)(C)CNC(=O)c1ccc(F)cc1C#CCN. The minimum atomic E-state index is -0.420. The van der Waals surface area contributed by atoms with E-state index in [1.807, 2.05) is 0 Å². The Bertz CT molecular complexity index is 541. The summed E-state index contributed by atoms with van der Waals surface area (Å²) >= 11 is 0. The maximum atomic E-state index is 13.2. The van der Waals surface area contributed by atoms with Crippen molar-refractivity contribution < 1.29 is 9.18 Å². The van der Waals surface area contributed by atoms with Gasteiger partial charge in [0.05, 0.1) is 12.1 Å². The van der Waals surface area contributed by atoms with Crippen LogP contribution in [0.15, 0.2) is 18.2 Å². The standard InChI is InChI=1S/C16H21FN2O/c1-4-16(2,3)11-19-15(20)14-8-7-13(17)10-12(14)6-5-9-18/h7-8,10H,4,9,11,18H2,1-3H3,(H,19,20). The molecule has 0 saturated carbocycles. The molecule has 3 N–H and O–H groups in total. The van der Waals surface area contributed by atoms with Crippen molar-refractivity contribution in [2.45, 2.75) is 27.2 Å². The molecule has 1 aromatic rings. The van der Waals surface area contributed by atoms with E-state index in [0.717, 1.165) is 6.42 Å². The summed E-state index contributed by atoms with van der Waals surface area (Å²) in [5.74, 6) is 4.71. The van der Waals surface area contributed by atoms with Gasteiger partial charge in [-0.15, -0.1) is 0 Å². The zero-order chi connectivity index (χ0) is 15.2. The predicted molar refractivity (Wildman–Crippen MR) is 78.7 cm³/mol. The fraction of sp³-hybridized carbons (Fsp3) is 0.438. The topological polar surface area (TPSA) is 55.1 Å². The summed E-state index contributed by atoms with van der Waals surface area (Å²) in [5, 5.41) is 2.87. The van der Waals surface area contributed by atoms with Crippen LogP contribution in [-0.2, 0) is 0 Å². The highest BCUT2D eigenvalue weighted by Crippen LogP contribution is 2.18. The normalized spacial score (nSPS) is 10.7. The van der Waals surface area contributed by atoms with Crippen LogP contribution in [0.3, 0.4) is 0 Å². The van der Waals surface area contributed by atoms with E-state index >= 15 is 0 Å². The Hall–Kier alpha value is -1.86. The lowest BCUT2D eigenvalue weighted by Gasteiger charge is -2.23. The van der Waals surface area contributed by atoms with Gasteiger partial charge in [0.1, 0.15) is 5.82 Å². The van der Waals surface area contributed by atoms with Gasteiger partial charge in [0.25, 0.3) is 5.91 Å². The summed E-state index contributed by atoms with van der Waals surface area (Å²) in [6.07, 6.45) is 0.955. The van der Waals surface area contributed by atoms with Crippen LogP contribution in [0.4, 0.5) is 4.39 Å². The fourth-order valence-corrected chi connectivity index (χ4v) is 1.50. The minimum Gasteiger partial charge on any atom is -0.351 e. The molecule has 0 saturated heterocycles. The van der Waals surface area contributed by atoms with E-state index in [0.29, 0.717) is 17.7 Å². The quantitative estimate of drug-likeness (QED) is 0.829. The van der Waals surface area contributed by atoms with Crippen molar-refractivity contribution in [3.63, 3.8) is 0 Å². The van der Waals surface area contributed by atoms with Crippen molar-refractivity contribution in [1.82, 2.24) is 5.32 Å². The van der Waals surface area contributed by atoms with E-state index in [1.165, 1.54) is 18.2 Å². The molecule has 0 fully saturated rings. The van der Waals surface area contributed by atoms with Crippen LogP contribution >= 0.6 is 0 Å². The van der Waals surface area contributed by atoms with Crippen molar-refractivity contribution in [1.29, 1.82) is 0 Å². The lowest BCUT2D eigenvalue weighted by molar-refractivity contribution is 0.0935. The summed E-state index contributed by atoms with van der Waals surface area (Å²) in [5.41, 5.74) is 6.07. The first-order chi connectivity index (χ1) is 9.39. The van der Waals surface area contributed by atoms with E-state index in [2.05, 4.69) is 37.9 Å². The van der Waals surface area contributed by atoms with Crippen LogP contribution in [-0.4, -0.2) is 19.0 Å². The zero-order valence-electron chi connectivity index (χ0n) is 12.2. The summed E-state index contributed by atoms with van der Waals surface area (Å²) in [6, 6.07) is 3.96. The average molecular weight is 276 g/mol. The third-order valence-corrected chi connectivity index (χ3v) is 3.24. The molecule has 1 aromatic carbocycles. The molecule has 0 spiro atoms. The van der Waals surface area contributed by atoms with E-state index in [9.17, 15) is 9.18 Å². The number of benzene rings is 1. The number of nitrogens with one attached hydrogen (secondary N) is 1.